The second-order valence-corrected chi connectivity index (χ2v) is 9.58. The largest absolute Gasteiger partial charge is 0.478 e. The Kier molecular flexibility index (Phi) is 5.67. The number of aromatic carboxylic acids is 1. The lowest BCUT2D eigenvalue weighted by Gasteiger charge is -2.35. The number of carbonyl (C=O) groups excluding carboxylic acids is 1. The van der Waals surface area contributed by atoms with Gasteiger partial charge >= 0.3 is 5.97 Å². The van der Waals surface area contributed by atoms with E-state index in [1.54, 1.807) is 28.8 Å². The Morgan fingerprint density at radius 1 is 1.08 bits per heavy atom. The van der Waals surface area contributed by atoms with Gasteiger partial charge in [-0.05, 0) is 60.5 Å². The van der Waals surface area contributed by atoms with E-state index >= 15 is 4.39 Å². The minimum Gasteiger partial charge on any atom is -0.478 e. The molecule has 1 N–H and O–H groups in total. The molecule has 3 aromatic carbocycles. The number of amides is 1. The lowest BCUT2D eigenvalue weighted by atomic mass is 9.93. The van der Waals surface area contributed by atoms with E-state index in [-0.39, 0.29) is 23.1 Å². The van der Waals surface area contributed by atoms with Crippen LogP contribution in [0, 0.1) is 5.82 Å². The van der Waals surface area contributed by atoms with Crippen molar-refractivity contribution in [1.82, 2.24) is 19.5 Å². The first-order chi connectivity index (χ1) is 18.4. The number of fused-ring (bicyclic) bond motifs is 3. The number of aromatic nitrogens is 3. The van der Waals surface area contributed by atoms with Crippen LogP contribution in [0.2, 0.25) is 0 Å². The number of halogens is 1. The van der Waals surface area contributed by atoms with E-state index in [9.17, 15) is 14.7 Å². The molecule has 8 heteroatoms. The minimum absolute atomic E-state index is 0.0654. The number of carboxylic acid groups (broad SMARTS) is 1. The summed E-state index contributed by atoms with van der Waals surface area (Å²) in [6.07, 6.45) is 1.40. The third-order valence-corrected chi connectivity index (χ3v) is 7.41. The summed E-state index contributed by atoms with van der Waals surface area (Å²) in [5.41, 5.74) is 4.78. The Morgan fingerprint density at radius 3 is 2.68 bits per heavy atom. The molecule has 0 saturated heterocycles. The third-order valence-electron chi connectivity index (χ3n) is 7.41. The summed E-state index contributed by atoms with van der Waals surface area (Å²) in [6, 6.07) is 19.2. The molecule has 7 nitrogen and oxygen atoms in total. The number of hydrogen-bond acceptors (Lipinski definition) is 4. The Hall–Kier alpha value is -4.59. The Labute approximate surface area is 218 Å². The second kappa shape index (κ2) is 9.06. The Balaban J connectivity index is 1.39. The van der Waals surface area contributed by atoms with Gasteiger partial charge in [-0.25, -0.2) is 18.7 Å². The second-order valence-electron chi connectivity index (χ2n) is 9.58. The fraction of sp³-hybridized carbons (Fsp3) is 0.200. The van der Waals surface area contributed by atoms with Gasteiger partial charge in [0, 0.05) is 29.3 Å². The molecule has 0 aliphatic carbocycles. The van der Waals surface area contributed by atoms with Gasteiger partial charge in [-0.3, -0.25) is 4.79 Å². The average molecular weight is 509 g/mol. The molecular weight excluding hydrogens is 483 g/mol. The van der Waals surface area contributed by atoms with Crippen LogP contribution in [-0.2, 0) is 12.8 Å². The van der Waals surface area contributed by atoms with E-state index in [1.807, 2.05) is 30.9 Å². The van der Waals surface area contributed by atoms with Gasteiger partial charge in [-0.2, -0.15) is 5.10 Å². The van der Waals surface area contributed by atoms with Crippen molar-refractivity contribution in [3.63, 3.8) is 0 Å². The van der Waals surface area contributed by atoms with Crippen molar-refractivity contribution in [2.75, 3.05) is 6.54 Å². The highest BCUT2D eigenvalue weighted by Crippen LogP contribution is 2.32. The van der Waals surface area contributed by atoms with Crippen LogP contribution in [-0.4, -0.2) is 43.0 Å². The number of carbonyl (C=O) groups is 2. The first-order valence-corrected chi connectivity index (χ1v) is 12.6. The summed E-state index contributed by atoms with van der Waals surface area (Å²) in [4.78, 5) is 31.4. The summed E-state index contributed by atoms with van der Waals surface area (Å²) in [5, 5.41) is 14.7. The van der Waals surface area contributed by atoms with E-state index in [2.05, 4.69) is 22.2 Å². The molecule has 0 bridgehead atoms. The van der Waals surface area contributed by atoms with E-state index in [0.29, 0.717) is 40.8 Å². The van der Waals surface area contributed by atoms with Crippen molar-refractivity contribution in [2.24, 2.45) is 0 Å². The molecule has 0 spiro atoms. The molecule has 2 aromatic heterocycles. The van der Waals surface area contributed by atoms with Gasteiger partial charge < -0.3 is 10.0 Å². The van der Waals surface area contributed by atoms with Crippen LogP contribution in [0.25, 0.3) is 27.7 Å². The highest BCUT2D eigenvalue weighted by molar-refractivity contribution is 5.96. The van der Waals surface area contributed by atoms with Gasteiger partial charge in [0.1, 0.15) is 11.5 Å². The van der Waals surface area contributed by atoms with Crippen LogP contribution >= 0.6 is 0 Å². The quantitative estimate of drug-likeness (QED) is 0.336. The van der Waals surface area contributed by atoms with Gasteiger partial charge in [0.25, 0.3) is 5.91 Å². The van der Waals surface area contributed by atoms with E-state index in [1.165, 1.54) is 23.8 Å². The maximum absolute atomic E-state index is 15.5. The first-order valence-electron chi connectivity index (χ1n) is 12.6. The maximum atomic E-state index is 15.5. The molecule has 5 aromatic rings. The van der Waals surface area contributed by atoms with E-state index in [0.717, 1.165) is 17.7 Å². The maximum Gasteiger partial charge on any atom is 0.335 e. The van der Waals surface area contributed by atoms with Crippen LogP contribution < -0.4 is 0 Å². The van der Waals surface area contributed by atoms with Crippen LogP contribution in [0.1, 0.15) is 57.6 Å². The van der Waals surface area contributed by atoms with Crippen molar-refractivity contribution in [2.45, 2.75) is 32.7 Å². The number of hydrogen-bond donors (Lipinski definition) is 1. The van der Waals surface area contributed by atoms with Crippen LogP contribution in [0.4, 0.5) is 4.39 Å². The standard InChI is InChI=1S/C30H25FN4O3/c1-3-21-15-26(29(36)34-13-12-18-6-4-5-7-22(18)17(34)2)32-27-16-25(33-35(21)27)24-11-8-19-14-20(30(37)38)9-10-23(19)28(24)31/h4-11,14-17H,3,12-13H2,1-2H3,(H,37,38)/t17-/m1/s1. The molecule has 38 heavy (non-hydrogen) atoms. The smallest absolute Gasteiger partial charge is 0.335 e. The molecule has 1 amide bonds. The average Bonchev–Trinajstić information content (AvgIpc) is 3.36. The fourth-order valence-electron chi connectivity index (χ4n) is 5.35. The monoisotopic (exact) mass is 508 g/mol. The molecule has 0 radical (unpaired) electrons. The van der Waals surface area contributed by atoms with E-state index < -0.39 is 11.8 Å². The van der Waals surface area contributed by atoms with Gasteiger partial charge in [0.05, 0.1) is 17.3 Å². The molecule has 0 unspecified atom stereocenters. The number of nitrogens with zero attached hydrogens (tertiary/aromatic N) is 4. The third kappa shape index (κ3) is 3.80. The Bertz CT molecular complexity index is 1760. The van der Waals surface area contributed by atoms with Crippen LogP contribution in [0.5, 0.6) is 0 Å². The molecule has 1 aliphatic heterocycles. The van der Waals surface area contributed by atoms with Crippen LogP contribution in [0.15, 0.2) is 66.7 Å². The predicted molar refractivity (Wildman–Crippen MR) is 142 cm³/mol. The van der Waals surface area contributed by atoms with Crippen molar-refractivity contribution >= 4 is 28.3 Å². The zero-order valence-corrected chi connectivity index (χ0v) is 21.0. The lowest BCUT2D eigenvalue weighted by molar-refractivity contribution is 0.0668. The summed E-state index contributed by atoms with van der Waals surface area (Å²) >= 11 is 0. The van der Waals surface area contributed by atoms with Crippen molar-refractivity contribution in [3.8, 4) is 11.3 Å². The molecule has 0 fully saturated rings. The first kappa shape index (κ1) is 23.8. The molecule has 0 saturated carbocycles. The normalized spacial score (nSPS) is 15.1. The minimum atomic E-state index is -1.07. The number of rotatable bonds is 4. The van der Waals surface area contributed by atoms with Crippen molar-refractivity contribution in [1.29, 1.82) is 0 Å². The Morgan fingerprint density at radius 2 is 1.89 bits per heavy atom. The van der Waals surface area contributed by atoms with Crippen LogP contribution in [0.3, 0.4) is 0 Å². The predicted octanol–water partition coefficient (Wildman–Crippen LogP) is 5.71. The highest BCUT2D eigenvalue weighted by Gasteiger charge is 2.29. The number of aryl methyl sites for hydroxylation is 1. The molecule has 3 heterocycles. The van der Waals surface area contributed by atoms with Gasteiger partial charge in [0.15, 0.2) is 5.65 Å². The summed E-state index contributed by atoms with van der Waals surface area (Å²) in [7, 11) is 0. The molecule has 1 aliphatic rings. The summed E-state index contributed by atoms with van der Waals surface area (Å²) in [6.45, 7) is 4.62. The fourth-order valence-corrected chi connectivity index (χ4v) is 5.35. The van der Waals surface area contributed by atoms with Crippen molar-refractivity contribution in [3.05, 3.63) is 101 Å². The SMILES string of the molecule is CCc1cc(C(=O)N2CCc3ccccc3[C@H]2C)nc2cc(-c3ccc4cc(C(=O)O)ccc4c3F)nn12. The van der Waals surface area contributed by atoms with Gasteiger partial charge in [0.2, 0.25) is 0 Å². The molecule has 190 valence electrons. The van der Waals surface area contributed by atoms with Gasteiger partial charge in [-0.1, -0.05) is 43.3 Å². The van der Waals surface area contributed by atoms with Crippen molar-refractivity contribution < 1.29 is 19.1 Å². The topological polar surface area (TPSA) is 87.8 Å². The number of carboxylic acids is 1. The number of benzene rings is 3. The van der Waals surface area contributed by atoms with Gasteiger partial charge in [-0.15, -0.1) is 0 Å². The highest BCUT2D eigenvalue weighted by atomic mass is 19.1. The zero-order chi connectivity index (χ0) is 26.6. The lowest BCUT2D eigenvalue weighted by Crippen LogP contribution is -2.39. The summed E-state index contributed by atoms with van der Waals surface area (Å²) < 4.78 is 17.2. The molecule has 6 rings (SSSR count). The summed E-state index contributed by atoms with van der Waals surface area (Å²) in [5.74, 6) is -1.69. The molecule has 1 atom stereocenters. The van der Waals surface area contributed by atoms with E-state index in [4.69, 9.17) is 0 Å². The zero-order valence-electron chi connectivity index (χ0n) is 21.0. The molecular formula is C30H25FN4O3.